The lowest BCUT2D eigenvalue weighted by Gasteiger charge is -2.08. The Bertz CT molecular complexity index is 898. The lowest BCUT2D eigenvalue weighted by atomic mass is 10.2. The third kappa shape index (κ3) is 7.54. The van der Waals surface area contributed by atoms with Crippen molar-refractivity contribution in [3.05, 3.63) is 59.8 Å². The summed E-state index contributed by atoms with van der Waals surface area (Å²) in [6.07, 6.45) is -2.60. The van der Waals surface area contributed by atoms with Crippen LogP contribution in [0.2, 0.25) is 0 Å². The molecule has 0 atom stereocenters. The number of aromatic amines is 1. The molecule has 1 heterocycles. The Labute approximate surface area is 175 Å². The van der Waals surface area contributed by atoms with Crippen LogP contribution in [0.4, 0.5) is 18.9 Å². The van der Waals surface area contributed by atoms with Crippen LogP contribution in [-0.4, -0.2) is 16.1 Å². The van der Waals surface area contributed by atoms with Gasteiger partial charge in [-0.25, -0.2) is 0 Å². The second-order valence-corrected chi connectivity index (χ2v) is 6.20. The molecule has 1 aliphatic carbocycles. The summed E-state index contributed by atoms with van der Waals surface area (Å²) in [7, 11) is 0. The number of fused-ring (bicyclic) bond motifs is 1. The maximum atomic E-state index is 12.2. The second kappa shape index (κ2) is 12.0. The van der Waals surface area contributed by atoms with Gasteiger partial charge < -0.3 is 5.32 Å². The lowest BCUT2D eigenvalue weighted by Crippen LogP contribution is -2.13. The SMILES string of the molecule is CC.CC.Cc1[nH]nc2ccccc12.O=C(Nc1ccc(C(F)(F)F)cc1)C1CC1. The first-order valence-electron chi connectivity index (χ1n) is 10.2. The summed E-state index contributed by atoms with van der Waals surface area (Å²) in [6, 6.07) is 12.5. The zero-order valence-corrected chi connectivity index (χ0v) is 18.1. The van der Waals surface area contributed by atoms with Gasteiger partial charge in [-0.05, 0) is 50.1 Å². The molecule has 0 radical (unpaired) electrons. The van der Waals surface area contributed by atoms with E-state index in [0.717, 1.165) is 36.2 Å². The molecule has 2 aromatic carbocycles. The molecular weight excluding hydrogens is 391 g/mol. The van der Waals surface area contributed by atoms with Crippen LogP contribution in [0.5, 0.6) is 0 Å². The lowest BCUT2D eigenvalue weighted by molar-refractivity contribution is -0.137. The van der Waals surface area contributed by atoms with E-state index in [1.54, 1.807) is 0 Å². The number of nitrogens with one attached hydrogen (secondary N) is 2. The van der Waals surface area contributed by atoms with E-state index in [1.807, 2.05) is 52.8 Å². The fraction of sp³-hybridized carbons (Fsp3) is 0.391. The average Bonchev–Trinajstić information content (AvgIpc) is 3.55. The third-order valence-corrected chi connectivity index (χ3v) is 4.08. The van der Waals surface area contributed by atoms with E-state index in [0.29, 0.717) is 5.69 Å². The van der Waals surface area contributed by atoms with Gasteiger partial charge in [-0.2, -0.15) is 18.3 Å². The number of aromatic nitrogens is 2. The number of carbonyl (C=O) groups excluding carboxylic acids is 1. The van der Waals surface area contributed by atoms with Crippen LogP contribution in [0.25, 0.3) is 10.9 Å². The molecule has 2 N–H and O–H groups in total. The predicted molar refractivity (Wildman–Crippen MR) is 116 cm³/mol. The number of para-hydroxylation sites is 1. The summed E-state index contributed by atoms with van der Waals surface area (Å²) in [5.41, 5.74) is 1.87. The summed E-state index contributed by atoms with van der Waals surface area (Å²) in [5.74, 6) is -0.0675. The van der Waals surface area contributed by atoms with E-state index in [1.165, 1.54) is 17.5 Å². The van der Waals surface area contributed by atoms with Crippen molar-refractivity contribution in [1.29, 1.82) is 0 Å². The molecular formula is C23H30F3N3O. The van der Waals surface area contributed by atoms with E-state index in [-0.39, 0.29) is 11.8 Å². The van der Waals surface area contributed by atoms with Gasteiger partial charge in [-0.1, -0.05) is 45.9 Å². The summed E-state index contributed by atoms with van der Waals surface area (Å²) >= 11 is 0. The van der Waals surface area contributed by atoms with E-state index in [4.69, 9.17) is 0 Å². The predicted octanol–water partition coefficient (Wildman–Crippen LogP) is 6.98. The number of halogens is 3. The molecule has 0 bridgehead atoms. The minimum Gasteiger partial charge on any atom is -0.326 e. The van der Waals surface area contributed by atoms with Crippen molar-refractivity contribution in [2.45, 2.75) is 53.6 Å². The molecule has 30 heavy (non-hydrogen) atoms. The van der Waals surface area contributed by atoms with Crippen molar-refractivity contribution in [2.75, 3.05) is 5.32 Å². The Morgan fingerprint density at radius 3 is 2.07 bits per heavy atom. The standard InChI is InChI=1S/C11H10F3NO.C8H8N2.2C2H6/c12-11(13,14)8-3-5-9(6-4-8)15-10(16)7-1-2-7;1-6-7-4-2-3-5-8(7)10-9-6;2*1-2/h3-7H,1-2H2,(H,15,16);2-5H,1H3,(H,9,10);2*1-2H3. The van der Waals surface area contributed by atoms with Crippen molar-refractivity contribution in [3.8, 4) is 0 Å². The average molecular weight is 422 g/mol. The van der Waals surface area contributed by atoms with E-state index < -0.39 is 11.7 Å². The number of hydrogen-bond donors (Lipinski definition) is 2. The van der Waals surface area contributed by atoms with Crippen LogP contribution in [0, 0.1) is 12.8 Å². The first-order valence-corrected chi connectivity index (χ1v) is 10.2. The number of hydrogen-bond acceptors (Lipinski definition) is 2. The Balaban J connectivity index is 0.000000275. The van der Waals surface area contributed by atoms with Crippen LogP contribution >= 0.6 is 0 Å². The smallest absolute Gasteiger partial charge is 0.326 e. The minimum atomic E-state index is -4.33. The fourth-order valence-corrected chi connectivity index (χ4v) is 2.42. The Hall–Kier alpha value is -2.83. The highest BCUT2D eigenvalue weighted by molar-refractivity contribution is 5.94. The maximum Gasteiger partial charge on any atom is 0.416 e. The summed E-state index contributed by atoms with van der Waals surface area (Å²) in [5, 5.41) is 10.8. The monoisotopic (exact) mass is 421 g/mol. The van der Waals surface area contributed by atoms with Crippen molar-refractivity contribution >= 4 is 22.5 Å². The molecule has 4 nitrogen and oxygen atoms in total. The normalized spacial score (nSPS) is 12.4. The molecule has 1 aromatic heterocycles. The van der Waals surface area contributed by atoms with Gasteiger partial charge in [0.2, 0.25) is 5.91 Å². The molecule has 0 spiro atoms. The third-order valence-electron chi connectivity index (χ3n) is 4.08. The molecule has 1 amide bonds. The van der Waals surface area contributed by atoms with Crippen LogP contribution < -0.4 is 5.32 Å². The number of anilines is 1. The first kappa shape index (κ1) is 25.2. The van der Waals surface area contributed by atoms with Crippen molar-refractivity contribution in [1.82, 2.24) is 10.2 Å². The summed E-state index contributed by atoms with van der Waals surface area (Å²) in [6.45, 7) is 10.0. The van der Waals surface area contributed by atoms with Crippen LogP contribution in [-0.2, 0) is 11.0 Å². The topological polar surface area (TPSA) is 57.8 Å². The Kier molecular flexibility index (Phi) is 10.1. The quantitative estimate of drug-likeness (QED) is 0.469. The number of alkyl halides is 3. The molecule has 0 unspecified atom stereocenters. The van der Waals surface area contributed by atoms with Crippen LogP contribution in [0.1, 0.15) is 51.8 Å². The zero-order valence-electron chi connectivity index (χ0n) is 18.1. The molecule has 1 fully saturated rings. The number of carbonyl (C=O) groups is 1. The van der Waals surface area contributed by atoms with Crippen LogP contribution in [0.15, 0.2) is 48.5 Å². The van der Waals surface area contributed by atoms with Crippen LogP contribution in [0.3, 0.4) is 0 Å². The first-order chi connectivity index (χ1) is 14.3. The number of amides is 1. The van der Waals surface area contributed by atoms with Gasteiger partial charge in [0.1, 0.15) is 0 Å². The van der Waals surface area contributed by atoms with E-state index >= 15 is 0 Å². The molecule has 0 saturated heterocycles. The van der Waals surface area contributed by atoms with Gasteiger partial charge in [-0.3, -0.25) is 9.89 Å². The largest absolute Gasteiger partial charge is 0.416 e. The van der Waals surface area contributed by atoms with E-state index in [2.05, 4.69) is 21.6 Å². The maximum absolute atomic E-state index is 12.2. The van der Waals surface area contributed by atoms with Gasteiger partial charge in [0.25, 0.3) is 0 Å². The zero-order chi connectivity index (χ0) is 22.7. The number of benzene rings is 2. The van der Waals surface area contributed by atoms with Crippen molar-refractivity contribution in [2.24, 2.45) is 5.92 Å². The number of rotatable bonds is 2. The van der Waals surface area contributed by atoms with Gasteiger partial charge in [0, 0.05) is 22.7 Å². The van der Waals surface area contributed by atoms with Gasteiger partial charge in [-0.15, -0.1) is 0 Å². The summed E-state index contributed by atoms with van der Waals surface area (Å²) in [4.78, 5) is 11.3. The number of H-pyrrole nitrogens is 1. The minimum absolute atomic E-state index is 0.0438. The van der Waals surface area contributed by atoms with Gasteiger partial charge in [0.05, 0.1) is 11.1 Å². The van der Waals surface area contributed by atoms with Gasteiger partial charge >= 0.3 is 6.18 Å². The van der Waals surface area contributed by atoms with E-state index in [9.17, 15) is 18.0 Å². The number of aryl methyl sites for hydroxylation is 1. The molecule has 4 rings (SSSR count). The Morgan fingerprint density at radius 1 is 1.00 bits per heavy atom. The highest BCUT2D eigenvalue weighted by atomic mass is 19.4. The fourth-order valence-electron chi connectivity index (χ4n) is 2.42. The summed E-state index contributed by atoms with van der Waals surface area (Å²) < 4.78 is 36.7. The molecule has 164 valence electrons. The highest BCUT2D eigenvalue weighted by Crippen LogP contribution is 2.32. The number of nitrogens with zero attached hydrogens (tertiary/aromatic N) is 1. The second-order valence-electron chi connectivity index (χ2n) is 6.20. The molecule has 7 heteroatoms. The van der Waals surface area contributed by atoms with Gasteiger partial charge in [0.15, 0.2) is 0 Å². The molecule has 1 aliphatic rings. The molecule has 1 saturated carbocycles. The molecule has 3 aromatic rings. The Morgan fingerprint density at radius 2 is 1.57 bits per heavy atom. The van der Waals surface area contributed by atoms with Crippen molar-refractivity contribution < 1.29 is 18.0 Å². The molecule has 0 aliphatic heterocycles. The van der Waals surface area contributed by atoms with Crippen molar-refractivity contribution in [3.63, 3.8) is 0 Å². The highest BCUT2D eigenvalue weighted by Gasteiger charge is 2.31.